The third kappa shape index (κ3) is 3.95. The molecule has 13 heteroatoms. The minimum Gasteiger partial charge on any atom is -0.479 e. The molecule has 1 aromatic carbocycles. The topological polar surface area (TPSA) is 94.6 Å². The molecule has 5 heterocycles. The lowest BCUT2D eigenvalue weighted by atomic mass is 9.88. The van der Waals surface area contributed by atoms with Crippen molar-refractivity contribution >= 4 is 22.5 Å². The van der Waals surface area contributed by atoms with Crippen molar-refractivity contribution in [1.82, 2.24) is 34.5 Å². The molecule has 38 heavy (non-hydrogen) atoms. The third-order valence-electron chi connectivity index (χ3n) is 7.89. The molecule has 0 bridgehead atoms. The summed E-state index contributed by atoms with van der Waals surface area (Å²) in [5, 5.41) is 16.0. The van der Waals surface area contributed by atoms with Crippen LogP contribution >= 0.6 is 0 Å². The van der Waals surface area contributed by atoms with Crippen molar-refractivity contribution in [3.63, 3.8) is 0 Å². The summed E-state index contributed by atoms with van der Waals surface area (Å²) in [5.41, 5.74) is 3.60. The van der Waals surface area contributed by atoms with Crippen molar-refractivity contribution < 1.29 is 22.6 Å². The Morgan fingerprint density at radius 2 is 2.00 bits per heavy atom. The first kappa shape index (κ1) is 23.7. The van der Waals surface area contributed by atoms with Crippen LogP contribution in [0.4, 0.5) is 19.1 Å². The molecule has 2 saturated heterocycles. The van der Waals surface area contributed by atoms with Crippen LogP contribution in [0.15, 0.2) is 30.5 Å². The Balaban J connectivity index is 1.17. The zero-order chi connectivity index (χ0) is 26.0. The van der Waals surface area contributed by atoms with Crippen molar-refractivity contribution in [3.05, 3.63) is 30.5 Å². The molecule has 3 aromatic heterocycles. The molecule has 3 fully saturated rings. The van der Waals surface area contributed by atoms with E-state index in [-0.39, 0.29) is 24.8 Å². The highest BCUT2D eigenvalue weighted by atomic mass is 19.3. The molecule has 10 nitrogen and oxygen atoms in total. The van der Waals surface area contributed by atoms with Gasteiger partial charge in [0.1, 0.15) is 17.2 Å². The molecule has 1 N–H and O–H groups in total. The zero-order valence-electron chi connectivity index (χ0n) is 20.7. The number of alkyl halides is 3. The van der Waals surface area contributed by atoms with Crippen molar-refractivity contribution in [3.8, 4) is 17.0 Å². The number of piperidine rings is 1. The molecule has 2 atom stereocenters. The summed E-state index contributed by atoms with van der Waals surface area (Å²) in [6.45, 7) is 2.47. The molecule has 1 aliphatic carbocycles. The Hall–Kier alpha value is -3.45. The quantitative estimate of drug-likeness (QED) is 0.407. The number of aromatic nitrogens is 6. The maximum Gasteiger partial charge on any atom is 0.252 e. The molecule has 2 aliphatic heterocycles. The number of nitrogens with zero attached hydrogens (tertiary/aromatic N) is 7. The highest BCUT2D eigenvalue weighted by Crippen LogP contribution is 2.46. The lowest BCUT2D eigenvalue weighted by Gasteiger charge is -2.42. The Kier molecular flexibility index (Phi) is 5.48. The van der Waals surface area contributed by atoms with Crippen LogP contribution in [0.5, 0.6) is 5.88 Å². The molecule has 0 spiro atoms. The molecule has 3 aliphatic rings. The summed E-state index contributed by atoms with van der Waals surface area (Å²) in [6.07, 6.45) is 0.882. The fourth-order valence-electron chi connectivity index (χ4n) is 5.63. The fourth-order valence-corrected chi connectivity index (χ4v) is 5.63. The molecule has 0 amide bonds. The third-order valence-corrected chi connectivity index (χ3v) is 7.89. The smallest absolute Gasteiger partial charge is 0.252 e. The van der Waals surface area contributed by atoms with Gasteiger partial charge in [0.25, 0.3) is 5.92 Å². The molecule has 0 unspecified atom stereocenters. The van der Waals surface area contributed by atoms with Gasteiger partial charge in [-0.05, 0) is 30.2 Å². The Morgan fingerprint density at radius 3 is 2.71 bits per heavy atom. The van der Waals surface area contributed by atoms with Crippen LogP contribution in [0.25, 0.3) is 27.7 Å². The standard InChI is InChI=1S/C25H27F3N8O2/c1-37-23-22-17(14-2-3-20-21(8-14)36(33-31-20)15-9-25(27,28)10-15)4-7-35(22)32-24(30-23)29-19-5-6-34(11-18(19)26)16-12-38-13-16/h2-4,7-8,15-16,18-19H,5-6,9-13H2,1H3,(H,29,32)/t18-,19+/m1/s1. The summed E-state index contributed by atoms with van der Waals surface area (Å²) >= 11 is 0. The van der Waals surface area contributed by atoms with Gasteiger partial charge in [0.05, 0.1) is 44.0 Å². The SMILES string of the molecule is COc1nc(N[C@H]2CCN(C3COC3)C[C@H]2F)nn2ccc(-c3ccc4nnn(C5CC(F)(F)C5)c4c3)c12. The first-order chi connectivity index (χ1) is 18.4. The van der Waals surface area contributed by atoms with Crippen molar-refractivity contribution in [1.29, 1.82) is 0 Å². The molecule has 7 rings (SSSR count). The van der Waals surface area contributed by atoms with Gasteiger partial charge in [-0.2, -0.15) is 4.98 Å². The van der Waals surface area contributed by atoms with Gasteiger partial charge < -0.3 is 14.8 Å². The molecule has 0 radical (unpaired) electrons. The number of likely N-dealkylation sites (tertiary alicyclic amines) is 1. The lowest BCUT2D eigenvalue weighted by molar-refractivity contribution is -0.106. The number of fused-ring (bicyclic) bond motifs is 2. The number of benzene rings is 1. The van der Waals surface area contributed by atoms with E-state index in [1.54, 1.807) is 15.4 Å². The average Bonchev–Trinajstić information content (AvgIpc) is 3.46. The highest BCUT2D eigenvalue weighted by Gasteiger charge is 2.47. The van der Waals surface area contributed by atoms with Crippen LogP contribution in [0, 0.1) is 0 Å². The van der Waals surface area contributed by atoms with E-state index in [0.29, 0.717) is 54.7 Å². The van der Waals surface area contributed by atoms with Crippen LogP contribution in [-0.4, -0.2) is 92.1 Å². The maximum atomic E-state index is 15.0. The van der Waals surface area contributed by atoms with Crippen molar-refractivity contribution in [2.24, 2.45) is 0 Å². The summed E-state index contributed by atoms with van der Waals surface area (Å²) in [5.74, 6) is -2.03. The Morgan fingerprint density at radius 1 is 1.16 bits per heavy atom. The summed E-state index contributed by atoms with van der Waals surface area (Å²) in [7, 11) is 1.53. The van der Waals surface area contributed by atoms with E-state index in [4.69, 9.17) is 9.47 Å². The summed E-state index contributed by atoms with van der Waals surface area (Å²) < 4.78 is 56.1. The number of halogens is 3. The van der Waals surface area contributed by atoms with E-state index in [2.05, 4.69) is 30.6 Å². The van der Waals surface area contributed by atoms with Crippen molar-refractivity contribution in [2.45, 2.75) is 49.5 Å². The van der Waals surface area contributed by atoms with Gasteiger partial charge in [0.15, 0.2) is 0 Å². The predicted molar refractivity (Wildman–Crippen MR) is 132 cm³/mol. The minimum absolute atomic E-state index is 0.240. The molecular formula is C25H27F3N8O2. The first-order valence-corrected chi connectivity index (χ1v) is 12.8. The van der Waals surface area contributed by atoms with Gasteiger partial charge in [-0.1, -0.05) is 11.3 Å². The first-order valence-electron chi connectivity index (χ1n) is 12.8. The number of ether oxygens (including phenoxy) is 2. The average molecular weight is 529 g/mol. The predicted octanol–water partition coefficient (Wildman–Crippen LogP) is 3.34. The number of hydrogen-bond acceptors (Lipinski definition) is 8. The minimum atomic E-state index is -2.65. The second kappa shape index (κ2) is 8.80. The van der Waals surface area contributed by atoms with Crippen molar-refractivity contribution in [2.75, 3.05) is 38.7 Å². The Labute approximate surface area is 215 Å². The normalized spacial score (nSPS) is 24.4. The van der Waals surface area contributed by atoms with Gasteiger partial charge in [-0.3, -0.25) is 4.90 Å². The van der Waals surface area contributed by atoms with E-state index in [1.807, 2.05) is 24.3 Å². The van der Waals surface area contributed by atoms with Gasteiger partial charge in [-0.25, -0.2) is 22.4 Å². The van der Waals surface area contributed by atoms with E-state index in [9.17, 15) is 13.2 Å². The van der Waals surface area contributed by atoms with Gasteiger partial charge in [0.2, 0.25) is 11.8 Å². The molecule has 4 aromatic rings. The zero-order valence-corrected chi connectivity index (χ0v) is 20.7. The van der Waals surface area contributed by atoms with E-state index in [0.717, 1.165) is 17.7 Å². The number of nitrogens with one attached hydrogen (secondary N) is 1. The lowest BCUT2D eigenvalue weighted by Crippen LogP contribution is -2.57. The van der Waals surface area contributed by atoms with E-state index in [1.165, 1.54) is 7.11 Å². The number of rotatable bonds is 6. The van der Waals surface area contributed by atoms with Crippen LogP contribution in [0.1, 0.15) is 25.3 Å². The van der Waals surface area contributed by atoms with Crippen LogP contribution < -0.4 is 10.1 Å². The van der Waals surface area contributed by atoms with Gasteiger partial charge in [-0.15, -0.1) is 10.2 Å². The van der Waals surface area contributed by atoms with Gasteiger partial charge >= 0.3 is 0 Å². The largest absolute Gasteiger partial charge is 0.479 e. The second-order valence-corrected chi connectivity index (χ2v) is 10.4. The summed E-state index contributed by atoms with van der Waals surface area (Å²) in [4.78, 5) is 6.69. The number of anilines is 1. The monoisotopic (exact) mass is 528 g/mol. The molecule has 1 saturated carbocycles. The highest BCUT2D eigenvalue weighted by molar-refractivity contribution is 5.89. The molecule has 200 valence electrons. The molecular weight excluding hydrogens is 501 g/mol. The van der Waals surface area contributed by atoms with E-state index >= 15 is 0 Å². The summed E-state index contributed by atoms with van der Waals surface area (Å²) in [6, 6.07) is 7.02. The number of hydrogen-bond donors (Lipinski definition) is 1. The van der Waals surface area contributed by atoms with Gasteiger partial charge in [0, 0.05) is 37.7 Å². The fraction of sp³-hybridized carbons (Fsp3) is 0.520. The number of methoxy groups -OCH3 is 1. The van der Waals surface area contributed by atoms with Crippen LogP contribution in [0.3, 0.4) is 0 Å². The second-order valence-electron chi connectivity index (χ2n) is 10.4. The Bertz CT molecular complexity index is 1490. The van der Waals surface area contributed by atoms with Crippen LogP contribution in [0.2, 0.25) is 0 Å². The van der Waals surface area contributed by atoms with Crippen LogP contribution in [-0.2, 0) is 4.74 Å². The maximum absolute atomic E-state index is 15.0. The van der Waals surface area contributed by atoms with E-state index < -0.39 is 18.1 Å².